The van der Waals surface area contributed by atoms with Crippen molar-refractivity contribution < 1.29 is 18.0 Å². The molecule has 2 N–H and O–H groups in total. The first kappa shape index (κ1) is 25.4. The maximum absolute atomic E-state index is 12.9. The summed E-state index contributed by atoms with van der Waals surface area (Å²) in [6, 6.07) is 3.11. The number of rotatable bonds is 6. The van der Waals surface area contributed by atoms with Gasteiger partial charge in [0.15, 0.2) is 11.2 Å². The van der Waals surface area contributed by atoms with E-state index in [4.69, 9.17) is 0 Å². The molecule has 0 saturated heterocycles. The van der Waals surface area contributed by atoms with Gasteiger partial charge >= 0.3 is 5.69 Å². The maximum atomic E-state index is 12.9. The van der Waals surface area contributed by atoms with Crippen LogP contribution in [0.3, 0.4) is 0 Å². The second kappa shape index (κ2) is 9.25. The van der Waals surface area contributed by atoms with Crippen molar-refractivity contribution in [3.63, 3.8) is 0 Å². The molecule has 0 unspecified atom stereocenters. The number of hydrogen-bond donors (Lipinski definition) is 2. The SMILES string of the molecule is Cn1c(=O)c2c(nc(S(C)(=O)=O)n2C)n(CC#Cc2cc(NC(=O)C3CC3)nc(NC(=O)C3CC3)c2)c1=O. The Kier molecular flexibility index (Phi) is 6.18. The zero-order valence-electron chi connectivity index (χ0n) is 20.9. The predicted octanol–water partition coefficient (Wildman–Crippen LogP) is -0.0191. The molecule has 3 aromatic heterocycles. The van der Waals surface area contributed by atoms with Crippen LogP contribution in [0.5, 0.6) is 0 Å². The first-order valence-corrected chi connectivity index (χ1v) is 13.8. The zero-order valence-corrected chi connectivity index (χ0v) is 21.8. The van der Waals surface area contributed by atoms with Crippen LogP contribution in [0, 0.1) is 23.7 Å². The summed E-state index contributed by atoms with van der Waals surface area (Å²) in [6.07, 6.45) is 4.22. The molecule has 0 aliphatic heterocycles. The lowest BCUT2D eigenvalue weighted by atomic mass is 10.2. The standard InChI is InChI=1S/C24H25N7O6S/c1-29-18-19(28-23(29)38(3,36)37)31(24(35)30(2)22(18)34)10-4-5-13-11-16(26-20(32)14-6-7-14)25-17(12-13)27-21(33)15-8-9-15/h11-12,14-15H,6-10H2,1-3H3,(H2,25,26,27,32,33). The lowest BCUT2D eigenvalue weighted by molar-refractivity contribution is -0.118. The summed E-state index contributed by atoms with van der Waals surface area (Å²) in [6.45, 7) is -0.209. The Balaban J connectivity index is 1.51. The van der Waals surface area contributed by atoms with Crippen molar-refractivity contribution in [2.75, 3.05) is 16.9 Å². The summed E-state index contributed by atoms with van der Waals surface area (Å²) < 4.78 is 27.4. The first-order valence-electron chi connectivity index (χ1n) is 11.9. The number of fused-ring (bicyclic) bond motifs is 1. The van der Waals surface area contributed by atoms with Gasteiger partial charge in [0, 0.05) is 37.8 Å². The van der Waals surface area contributed by atoms with E-state index in [1.54, 1.807) is 12.1 Å². The molecule has 0 aromatic carbocycles. The van der Waals surface area contributed by atoms with Gasteiger partial charge in [0.1, 0.15) is 11.6 Å². The molecule has 5 rings (SSSR count). The Bertz CT molecular complexity index is 1750. The average Bonchev–Trinajstić information content (AvgIpc) is 3.75. The van der Waals surface area contributed by atoms with E-state index in [1.165, 1.54) is 14.1 Å². The first-order chi connectivity index (χ1) is 17.9. The molecule has 2 fully saturated rings. The Morgan fingerprint density at radius 1 is 0.974 bits per heavy atom. The molecule has 0 radical (unpaired) electrons. The Labute approximate surface area is 216 Å². The molecule has 0 spiro atoms. The second-order valence-electron chi connectivity index (χ2n) is 9.59. The van der Waals surface area contributed by atoms with Crippen LogP contribution >= 0.6 is 0 Å². The number of nitrogens with one attached hydrogen (secondary N) is 2. The fourth-order valence-corrected chi connectivity index (χ4v) is 4.82. The van der Waals surface area contributed by atoms with Crippen LogP contribution in [0.15, 0.2) is 26.9 Å². The van der Waals surface area contributed by atoms with Crippen LogP contribution in [0.4, 0.5) is 11.6 Å². The van der Waals surface area contributed by atoms with Gasteiger partial charge in [0.25, 0.3) is 5.56 Å². The van der Waals surface area contributed by atoms with Crippen LogP contribution in [0.2, 0.25) is 0 Å². The molecular formula is C24H25N7O6S. The lowest BCUT2D eigenvalue weighted by Gasteiger charge is -2.09. The number of pyridine rings is 1. The number of carbonyl (C=O) groups is 2. The smallest absolute Gasteiger partial charge is 0.312 e. The highest BCUT2D eigenvalue weighted by Crippen LogP contribution is 2.31. The van der Waals surface area contributed by atoms with Crippen LogP contribution in [-0.4, -0.2) is 50.2 Å². The minimum Gasteiger partial charge on any atom is -0.312 e. The fraction of sp³-hybridized carbons (Fsp3) is 0.417. The third-order valence-electron chi connectivity index (χ3n) is 6.34. The van der Waals surface area contributed by atoms with Crippen molar-refractivity contribution in [1.29, 1.82) is 0 Å². The molecule has 3 heterocycles. The summed E-state index contributed by atoms with van der Waals surface area (Å²) in [5.41, 5.74) is -1.11. The summed E-state index contributed by atoms with van der Waals surface area (Å²) in [7, 11) is -1.10. The second-order valence-corrected chi connectivity index (χ2v) is 11.5. The Morgan fingerprint density at radius 3 is 2.03 bits per heavy atom. The highest BCUT2D eigenvalue weighted by atomic mass is 32.2. The predicted molar refractivity (Wildman–Crippen MR) is 137 cm³/mol. The van der Waals surface area contributed by atoms with Gasteiger partial charge in [-0.25, -0.2) is 18.2 Å². The van der Waals surface area contributed by atoms with E-state index in [1.807, 2.05) is 0 Å². The van der Waals surface area contributed by atoms with Gasteiger partial charge in [0.05, 0.1) is 6.54 Å². The van der Waals surface area contributed by atoms with E-state index in [-0.39, 0.29) is 58.2 Å². The van der Waals surface area contributed by atoms with E-state index >= 15 is 0 Å². The van der Waals surface area contributed by atoms with E-state index in [2.05, 4.69) is 32.4 Å². The van der Waals surface area contributed by atoms with Crippen molar-refractivity contribution in [1.82, 2.24) is 23.7 Å². The molecule has 2 saturated carbocycles. The van der Waals surface area contributed by atoms with E-state index in [0.29, 0.717) is 5.56 Å². The molecule has 198 valence electrons. The normalized spacial score (nSPS) is 15.1. The number of imidazole rings is 1. The summed E-state index contributed by atoms with van der Waals surface area (Å²) in [4.78, 5) is 58.5. The van der Waals surface area contributed by atoms with Crippen molar-refractivity contribution in [3.05, 3.63) is 38.5 Å². The van der Waals surface area contributed by atoms with Crippen LogP contribution in [0.25, 0.3) is 11.2 Å². The van der Waals surface area contributed by atoms with Gasteiger partial charge in [-0.2, -0.15) is 4.98 Å². The molecule has 14 heteroatoms. The van der Waals surface area contributed by atoms with Crippen LogP contribution < -0.4 is 21.9 Å². The van der Waals surface area contributed by atoms with Crippen molar-refractivity contribution >= 4 is 44.5 Å². The topological polar surface area (TPSA) is 167 Å². The van der Waals surface area contributed by atoms with E-state index in [9.17, 15) is 27.6 Å². The quantitative estimate of drug-likeness (QED) is 0.412. The molecule has 0 bridgehead atoms. The molecular weight excluding hydrogens is 514 g/mol. The highest BCUT2D eigenvalue weighted by molar-refractivity contribution is 7.90. The van der Waals surface area contributed by atoms with Crippen molar-refractivity contribution in [2.24, 2.45) is 25.9 Å². The number of anilines is 2. The van der Waals surface area contributed by atoms with Gasteiger partial charge < -0.3 is 15.2 Å². The van der Waals surface area contributed by atoms with Crippen LogP contribution in [-0.2, 0) is 40.1 Å². The van der Waals surface area contributed by atoms with Gasteiger partial charge in [-0.1, -0.05) is 11.8 Å². The molecule has 2 amide bonds. The minimum absolute atomic E-state index is 0.0478. The Hall–Kier alpha value is -4.25. The average molecular weight is 540 g/mol. The number of amides is 2. The zero-order chi connectivity index (χ0) is 27.4. The summed E-state index contributed by atoms with van der Waals surface area (Å²) in [5, 5.41) is 5.15. The van der Waals surface area contributed by atoms with Crippen LogP contribution in [0.1, 0.15) is 31.2 Å². The van der Waals surface area contributed by atoms with E-state index < -0.39 is 21.1 Å². The molecule has 0 atom stereocenters. The minimum atomic E-state index is -3.77. The van der Waals surface area contributed by atoms with Gasteiger partial charge in [0.2, 0.25) is 26.8 Å². The number of hydrogen-bond acceptors (Lipinski definition) is 8. The number of carbonyl (C=O) groups excluding carboxylic acids is 2. The monoisotopic (exact) mass is 539 g/mol. The van der Waals surface area contributed by atoms with E-state index in [0.717, 1.165) is 45.6 Å². The molecule has 2 aliphatic carbocycles. The number of aryl methyl sites for hydroxylation is 1. The summed E-state index contributed by atoms with van der Waals surface area (Å²) in [5.74, 6) is 5.81. The van der Waals surface area contributed by atoms with Gasteiger partial charge in [-0.05, 0) is 37.8 Å². The summed E-state index contributed by atoms with van der Waals surface area (Å²) >= 11 is 0. The lowest BCUT2D eigenvalue weighted by Crippen LogP contribution is -2.38. The third kappa shape index (κ3) is 4.97. The number of sulfone groups is 1. The van der Waals surface area contributed by atoms with Crippen molar-refractivity contribution in [2.45, 2.75) is 37.4 Å². The van der Waals surface area contributed by atoms with Crippen molar-refractivity contribution in [3.8, 4) is 11.8 Å². The highest BCUT2D eigenvalue weighted by Gasteiger charge is 2.31. The number of nitrogens with zero attached hydrogens (tertiary/aromatic N) is 5. The Morgan fingerprint density at radius 2 is 1.53 bits per heavy atom. The molecule has 38 heavy (non-hydrogen) atoms. The molecule has 13 nitrogen and oxygen atoms in total. The third-order valence-corrected chi connectivity index (χ3v) is 7.37. The maximum Gasteiger partial charge on any atom is 0.333 e. The largest absolute Gasteiger partial charge is 0.333 e. The fourth-order valence-electron chi connectivity index (χ4n) is 3.98. The molecule has 3 aromatic rings. The molecule has 2 aliphatic rings. The van der Waals surface area contributed by atoms with Gasteiger partial charge in [-0.15, -0.1) is 0 Å². The van der Waals surface area contributed by atoms with Gasteiger partial charge in [-0.3, -0.25) is 23.5 Å². The number of aromatic nitrogens is 5.